The highest BCUT2D eigenvalue weighted by molar-refractivity contribution is 5.82. The molecule has 2 N–H and O–H groups in total. The number of fused-ring (bicyclic) bond motifs is 2. The van der Waals surface area contributed by atoms with Gasteiger partial charge in [-0.1, -0.05) is 13.8 Å². The Hall–Kier alpha value is -3.02. The van der Waals surface area contributed by atoms with Gasteiger partial charge in [0, 0.05) is 34.4 Å². The zero-order valence-corrected chi connectivity index (χ0v) is 14.6. The average molecular weight is 335 g/mol. The minimum atomic E-state index is 0.362. The lowest BCUT2D eigenvalue weighted by molar-refractivity contribution is 0.415. The van der Waals surface area contributed by atoms with Crippen molar-refractivity contribution in [2.45, 2.75) is 26.3 Å². The summed E-state index contributed by atoms with van der Waals surface area (Å²) in [6.45, 7) is 4.96. The summed E-state index contributed by atoms with van der Waals surface area (Å²) in [4.78, 5) is 8.08. The van der Waals surface area contributed by atoms with Crippen molar-refractivity contribution >= 4 is 22.4 Å². The third-order valence-corrected chi connectivity index (χ3v) is 4.31. The Kier molecular flexibility index (Phi) is 3.80. The maximum atomic E-state index is 5.29. The smallest absolute Gasteiger partial charge is 0.157 e. The molecule has 4 aromatic rings. The summed E-state index contributed by atoms with van der Waals surface area (Å²) < 4.78 is 7.12. The van der Waals surface area contributed by atoms with Gasteiger partial charge in [-0.3, -0.25) is 0 Å². The van der Waals surface area contributed by atoms with Crippen molar-refractivity contribution in [3.8, 4) is 5.75 Å². The summed E-state index contributed by atoms with van der Waals surface area (Å²) in [6.07, 6.45) is 1.77. The van der Waals surface area contributed by atoms with Crippen LogP contribution in [0.2, 0.25) is 0 Å². The van der Waals surface area contributed by atoms with Crippen molar-refractivity contribution in [3.63, 3.8) is 0 Å². The second-order valence-corrected chi connectivity index (χ2v) is 6.42. The lowest BCUT2D eigenvalue weighted by atomic mass is 10.1. The van der Waals surface area contributed by atoms with Crippen LogP contribution in [0.15, 0.2) is 42.6 Å². The number of nitrogens with zero attached hydrogens (tertiary/aromatic N) is 3. The number of benzene rings is 1. The molecule has 3 aromatic heterocycles. The standard InChI is InChI=1S/C19H21N5O/c1-12(2)17-10-19(24-18(23-17)6-7-21-24)20-11-14-8-13-9-15(25-3)4-5-16(13)22-14/h4-10,12,20,22H,11H2,1-3H3. The minimum absolute atomic E-state index is 0.362. The summed E-state index contributed by atoms with van der Waals surface area (Å²) >= 11 is 0. The normalized spacial score (nSPS) is 11.5. The van der Waals surface area contributed by atoms with Crippen LogP contribution in [0.3, 0.4) is 0 Å². The number of hydrogen-bond donors (Lipinski definition) is 2. The van der Waals surface area contributed by atoms with Gasteiger partial charge in [0.2, 0.25) is 0 Å². The molecule has 128 valence electrons. The molecule has 1 aromatic carbocycles. The van der Waals surface area contributed by atoms with E-state index in [1.54, 1.807) is 13.3 Å². The van der Waals surface area contributed by atoms with Crippen molar-refractivity contribution < 1.29 is 4.74 Å². The quantitative estimate of drug-likeness (QED) is 0.579. The first-order valence-corrected chi connectivity index (χ1v) is 8.38. The van der Waals surface area contributed by atoms with Gasteiger partial charge in [-0.25, -0.2) is 4.98 Å². The number of H-pyrrole nitrogens is 1. The van der Waals surface area contributed by atoms with Crippen LogP contribution in [-0.2, 0) is 6.54 Å². The molecule has 0 bridgehead atoms. The number of aromatic amines is 1. The van der Waals surface area contributed by atoms with E-state index >= 15 is 0 Å². The van der Waals surface area contributed by atoms with Crippen LogP contribution in [0.4, 0.5) is 5.82 Å². The molecule has 4 rings (SSSR count). The van der Waals surface area contributed by atoms with Crippen LogP contribution in [0, 0.1) is 0 Å². The molecular formula is C19H21N5O. The second-order valence-electron chi connectivity index (χ2n) is 6.42. The van der Waals surface area contributed by atoms with Gasteiger partial charge in [0.05, 0.1) is 19.9 Å². The molecule has 3 heterocycles. The van der Waals surface area contributed by atoms with E-state index in [1.165, 1.54) is 0 Å². The number of ether oxygens (including phenoxy) is 1. The maximum absolute atomic E-state index is 5.29. The van der Waals surface area contributed by atoms with E-state index in [1.807, 2.05) is 28.8 Å². The van der Waals surface area contributed by atoms with E-state index in [9.17, 15) is 0 Å². The lowest BCUT2D eigenvalue weighted by Gasteiger charge is -2.11. The van der Waals surface area contributed by atoms with Gasteiger partial charge in [-0.2, -0.15) is 9.61 Å². The van der Waals surface area contributed by atoms with E-state index in [2.05, 4.69) is 46.4 Å². The summed E-state index contributed by atoms with van der Waals surface area (Å²) in [6, 6.07) is 12.1. The monoisotopic (exact) mass is 335 g/mol. The molecule has 6 heteroatoms. The van der Waals surface area contributed by atoms with Crippen LogP contribution < -0.4 is 10.1 Å². The molecule has 0 saturated heterocycles. The van der Waals surface area contributed by atoms with Crippen molar-refractivity contribution in [1.29, 1.82) is 0 Å². The van der Waals surface area contributed by atoms with Crippen LogP contribution in [0.25, 0.3) is 16.6 Å². The molecule has 0 unspecified atom stereocenters. The summed E-state index contributed by atoms with van der Waals surface area (Å²) in [7, 11) is 1.68. The number of rotatable bonds is 5. The minimum Gasteiger partial charge on any atom is -0.497 e. The van der Waals surface area contributed by atoms with Crippen molar-refractivity contribution in [1.82, 2.24) is 19.6 Å². The molecular weight excluding hydrogens is 314 g/mol. The average Bonchev–Trinajstić information content (AvgIpc) is 3.24. The van der Waals surface area contributed by atoms with Crippen molar-refractivity contribution in [3.05, 3.63) is 54.0 Å². The Bertz CT molecular complexity index is 1030. The predicted octanol–water partition coefficient (Wildman–Crippen LogP) is 3.95. The third-order valence-electron chi connectivity index (χ3n) is 4.31. The van der Waals surface area contributed by atoms with Gasteiger partial charge in [-0.15, -0.1) is 0 Å². The van der Waals surface area contributed by atoms with E-state index in [-0.39, 0.29) is 0 Å². The van der Waals surface area contributed by atoms with E-state index in [4.69, 9.17) is 4.74 Å². The number of nitrogens with one attached hydrogen (secondary N) is 2. The maximum Gasteiger partial charge on any atom is 0.157 e. The van der Waals surface area contributed by atoms with Gasteiger partial charge in [0.25, 0.3) is 0 Å². The number of hydrogen-bond acceptors (Lipinski definition) is 4. The Morgan fingerprint density at radius 3 is 2.88 bits per heavy atom. The van der Waals surface area contributed by atoms with Gasteiger partial charge in [-0.05, 0) is 30.2 Å². The second kappa shape index (κ2) is 6.12. The largest absolute Gasteiger partial charge is 0.497 e. The van der Waals surface area contributed by atoms with E-state index in [0.717, 1.165) is 39.5 Å². The first kappa shape index (κ1) is 15.5. The molecule has 0 aliphatic rings. The van der Waals surface area contributed by atoms with Gasteiger partial charge >= 0.3 is 0 Å². The summed E-state index contributed by atoms with van der Waals surface area (Å²) in [5, 5.41) is 8.97. The Morgan fingerprint density at radius 2 is 2.08 bits per heavy atom. The third kappa shape index (κ3) is 2.91. The van der Waals surface area contributed by atoms with Crippen LogP contribution in [0.1, 0.15) is 31.2 Å². The molecule has 0 radical (unpaired) electrons. The molecule has 0 aliphatic heterocycles. The molecule has 0 atom stereocenters. The zero-order chi connectivity index (χ0) is 17.4. The SMILES string of the molecule is COc1ccc2[nH]c(CNc3cc(C(C)C)nc4ccnn34)cc2c1. The molecule has 0 fully saturated rings. The summed E-state index contributed by atoms with van der Waals surface area (Å²) in [5.41, 5.74) is 4.11. The fraction of sp³-hybridized carbons (Fsp3) is 0.263. The fourth-order valence-electron chi connectivity index (χ4n) is 2.93. The van der Waals surface area contributed by atoms with Crippen LogP contribution in [-0.4, -0.2) is 26.7 Å². The van der Waals surface area contributed by atoms with E-state index < -0.39 is 0 Å². The van der Waals surface area contributed by atoms with Gasteiger partial charge in [0.1, 0.15) is 11.6 Å². The molecule has 25 heavy (non-hydrogen) atoms. The first-order chi connectivity index (χ1) is 12.1. The fourth-order valence-corrected chi connectivity index (χ4v) is 2.93. The molecule has 0 aliphatic carbocycles. The molecule has 0 saturated carbocycles. The highest BCUT2D eigenvalue weighted by atomic mass is 16.5. The highest BCUT2D eigenvalue weighted by Gasteiger charge is 2.09. The molecule has 0 amide bonds. The topological polar surface area (TPSA) is 67.2 Å². The predicted molar refractivity (Wildman–Crippen MR) is 99.3 cm³/mol. The highest BCUT2D eigenvalue weighted by Crippen LogP contribution is 2.23. The van der Waals surface area contributed by atoms with Crippen molar-refractivity contribution in [2.24, 2.45) is 0 Å². The van der Waals surface area contributed by atoms with Crippen molar-refractivity contribution in [2.75, 3.05) is 12.4 Å². The van der Waals surface area contributed by atoms with Crippen LogP contribution >= 0.6 is 0 Å². The molecule has 0 spiro atoms. The van der Waals surface area contributed by atoms with E-state index in [0.29, 0.717) is 12.5 Å². The molecule has 6 nitrogen and oxygen atoms in total. The van der Waals surface area contributed by atoms with Crippen LogP contribution in [0.5, 0.6) is 5.75 Å². The van der Waals surface area contributed by atoms with Gasteiger partial charge < -0.3 is 15.0 Å². The lowest BCUT2D eigenvalue weighted by Crippen LogP contribution is -2.08. The number of methoxy groups -OCH3 is 1. The van der Waals surface area contributed by atoms with Gasteiger partial charge in [0.15, 0.2) is 5.65 Å². The first-order valence-electron chi connectivity index (χ1n) is 8.38. The Labute approximate surface area is 145 Å². The Balaban J connectivity index is 1.62. The zero-order valence-electron chi connectivity index (χ0n) is 14.6. The number of anilines is 1. The summed E-state index contributed by atoms with van der Waals surface area (Å²) in [5.74, 6) is 2.16. The Morgan fingerprint density at radius 1 is 1.20 bits per heavy atom. The number of aromatic nitrogens is 4.